The summed E-state index contributed by atoms with van der Waals surface area (Å²) in [6.07, 6.45) is 1.95. The van der Waals surface area contributed by atoms with Gasteiger partial charge in [0.1, 0.15) is 23.5 Å². The van der Waals surface area contributed by atoms with Gasteiger partial charge >= 0.3 is 6.03 Å². The molecule has 0 spiro atoms. The molecule has 0 radical (unpaired) electrons. The molecule has 2 atom stereocenters. The Morgan fingerprint density at radius 2 is 2.03 bits per heavy atom. The number of ether oxygens (including phenoxy) is 1. The van der Waals surface area contributed by atoms with Crippen LogP contribution in [0.4, 0.5) is 19.3 Å². The van der Waals surface area contributed by atoms with Crippen molar-refractivity contribution in [3.8, 4) is 5.88 Å². The van der Waals surface area contributed by atoms with Crippen LogP contribution in [0.25, 0.3) is 0 Å². The van der Waals surface area contributed by atoms with Crippen molar-refractivity contribution in [3.05, 3.63) is 34.3 Å². The van der Waals surface area contributed by atoms with Crippen LogP contribution >= 0.6 is 0 Å². The molecule has 2 heterocycles. The van der Waals surface area contributed by atoms with Crippen LogP contribution in [0.3, 0.4) is 0 Å². The maximum absolute atomic E-state index is 14.8. The highest BCUT2D eigenvalue weighted by atomic mass is 32.2. The SMILES string of the molecule is CC1(C)COc2c(S(N)(=O)=NC(=O)Nc3c4c(c(F)c5c3C[C@H](F)C5)CCC4)cnn21. The summed E-state index contributed by atoms with van der Waals surface area (Å²) in [6, 6.07) is -0.935. The van der Waals surface area contributed by atoms with Gasteiger partial charge in [-0.3, -0.25) is 0 Å². The number of nitrogens with zero attached hydrogens (tertiary/aromatic N) is 3. The van der Waals surface area contributed by atoms with Gasteiger partial charge in [0.15, 0.2) is 9.92 Å². The number of hydrogen-bond donors (Lipinski definition) is 2. The Morgan fingerprint density at radius 1 is 1.32 bits per heavy atom. The molecule has 1 aromatic carbocycles. The average molecular weight is 451 g/mol. The molecule has 2 aromatic rings. The first kappa shape index (κ1) is 20.4. The summed E-state index contributed by atoms with van der Waals surface area (Å²) in [4.78, 5) is 12.8. The van der Waals surface area contributed by atoms with Gasteiger partial charge in [0.25, 0.3) is 0 Å². The van der Waals surface area contributed by atoms with E-state index in [0.29, 0.717) is 47.4 Å². The quantitative estimate of drug-likeness (QED) is 0.731. The van der Waals surface area contributed by atoms with E-state index in [1.165, 1.54) is 6.20 Å². The Hall–Kier alpha value is -2.53. The number of urea groups is 1. The standard InChI is InChI=1S/C20H23F2N5O3S/c1-20(2)9-30-18-15(8-24-27(18)20)31(23,29)26-19(28)25-17-12-5-3-4-11(12)16(22)13-6-10(21)7-14(13)17/h8,10H,3-7,9H2,1-2H3,(H3,23,25,26,28,29)/t10-,31?/m1/s1. The third-order valence-corrected chi connectivity index (χ3v) is 7.51. The number of alkyl halides is 1. The zero-order valence-electron chi connectivity index (χ0n) is 17.2. The van der Waals surface area contributed by atoms with E-state index in [-0.39, 0.29) is 29.4 Å². The van der Waals surface area contributed by atoms with Crippen molar-refractivity contribution in [2.24, 2.45) is 9.50 Å². The maximum Gasteiger partial charge on any atom is 0.354 e. The van der Waals surface area contributed by atoms with Gasteiger partial charge in [0.2, 0.25) is 5.88 Å². The largest absolute Gasteiger partial charge is 0.474 e. The van der Waals surface area contributed by atoms with E-state index in [4.69, 9.17) is 9.88 Å². The zero-order chi connectivity index (χ0) is 22.1. The fraction of sp³-hybridized carbons (Fsp3) is 0.500. The number of rotatable bonds is 2. The molecule has 1 aliphatic heterocycles. The van der Waals surface area contributed by atoms with Crippen LogP contribution in [0.2, 0.25) is 0 Å². The second-order valence-corrected chi connectivity index (χ2v) is 10.6. The number of benzene rings is 1. The highest BCUT2D eigenvalue weighted by Gasteiger charge is 2.37. The van der Waals surface area contributed by atoms with Gasteiger partial charge < -0.3 is 10.1 Å². The molecule has 5 rings (SSSR count). The van der Waals surface area contributed by atoms with E-state index in [1.54, 1.807) is 4.68 Å². The third-order valence-electron chi connectivity index (χ3n) is 6.16. The molecule has 2 amide bonds. The van der Waals surface area contributed by atoms with Crippen LogP contribution in [0.1, 0.15) is 42.5 Å². The van der Waals surface area contributed by atoms with E-state index in [9.17, 15) is 17.8 Å². The number of hydrogen-bond acceptors (Lipinski definition) is 4. The molecule has 0 bridgehead atoms. The lowest BCUT2D eigenvalue weighted by Crippen LogP contribution is -2.26. The van der Waals surface area contributed by atoms with Gasteiger partial charge in [-0.2, -0.15) is 5.10 Å². The van der Waals surface area contributed by atoms with Crippen molar-refractivity contribution in [3.63, 3.8) is 0 Å². The van der Waals surface area contributed by atoms with Gasteiger partial charge in [-0.1, -0.05) is 0 Å². The summed E-state index contributed by atoms with van der Waals surface area (Å²) in [5.74, 6) is -0.145. The van der Waals surface area contributed by atoms with Crippen LogP contribution in [-0.4, -0.2) is 32.8 Å². The molecule has 8 nitrogen and oxygen atoms in total. The average Bonchev–Trinajstić information content (AvgIpc) is 3.43. The molecule has 31 heavy (non-hydrogen) atoms. The number of amides is 2. The molecule has 11 heteroatoms. The molecule has 3 N–H and O–H groups in total. The molecule has 0 fully saturated rings. The summed E-state index contributed by atoms with van der Waals surface area (Å²) in [7, 11) is -3.65. The molecule has 166 valence electrons. The van der Waals surface area contributed by atoms with Gasteiger partial charge in [-0.05, 0) is 55.4 Å². The van der Waals surface area contributed by atoms with E-state index in [2.05, 4.69) is 14.8 Å². The van der Waals surface area contributed by atoms with Gasteiger partial charge in [0, 0.05) is 18.5 Å². The van der Waals surface area contributed by atoms with Gasteiger partial charge in [0.05, 0.1) is 11.7 Å². The first-order valence-corrected chi connectivity index (χ1v) is 11.7. The van der Waals surface area contributed by atoms with Crippen molar-refractivity contribution in [1.29, 1.82) is 0 Å². The highest BCUT2D eigenvalue weighted by molar-refractivity contribution is 7.91. The Kier molecular flexibility index (Phi) is 4.43. The van der Waals surface area contributed by atoms with Crippen LogP contribution in [0.5, 0.6) is 5.88 Å². The van der Waals surface area contributed by atoms with E-state index >= 15 is 0 Å². The number of anilines is 1. The monoisotopic (exact) mass is 451 g/mol. The Bertz CT molecular complexity index is 1250. The normalized spacial score (nSPS) is 22.3. The molecule has 0 saturated heterocycles. The molecule has 1 unspecified atom stereocenters. The van der Waals surface area contributed by atoms with E-state index in [1.807, 2.05) is 13.8 Å². The minimum atomic E-state index is -3.65. The highest BCUT2D eigenvalue weighted by Crippen LogP contribution is 2.42. The van der Waals surface area contributed by atoms with Crippen LogP contribution in [-0.2, 0) is 41.1 Å². The summed E-state index contributed by atoms with van der Waals surface area (Å²) in [5, 5.41) is 12.7. The maximum atomic E-state index is 14.8. The summed E-state index contributed by atoms with van der Waals surface area (Å²) < 4.78 is 52.8. The lowest BCUT2D eigenvalue weighted by atomic mass is 9.98. The molecule has 2 aliphatic carbocycles. The minimum Gasteiger partial charge on any atom is -0.474 e. The molecular formula is C20H23F2N5O3S. The lowest BCUT2D eigenvalue weighted by molar-refractivity contribution is 0.259. The van der Waals surface area contributed by atoms with Gasteiger partial charge in [-0.25, -0.2) is 27.6 Å². The number of aromatic nitrogens is 2. The van der Waals surface area contributed by atoms with Gasteiger partial charge in [-0.15, -0.1) is 4.36 Å². The smallest absolute Gasteiger partial charge is 0.354 e. The van der Waals surface area contributed by atoms with E-state index in [0.717, 1.165) is 6.42 Å². The molecular weight excluding hydrogens is 428 g/mol. The zero-order valence-corrected chi connectivity index (χ0v) is 18.0. The number of carbonyl (C=O) groups is 1. The number of nitrogens with two attached hydrogens (primary N) is 1. The van der Waals surface area contributed by atoms with Crippen LogP contribution < -0.4 is 15.2 Å². The van der Waals surface area contributed by atoms with Crippen molar-refractivity contribution in [2.45, 2.75) is 62.6 Å². The Labute approximate surface area is 178 Å². The van der Waals surface area contributed by atoms with Crippen molar-refractivity contribution in [1.82, 2.24) is 9.78 Å². The van der Waals surface area contributed by atoms with E-state index < -0.39 is 27.7 Å². The predicted octanol–water partition coefficient (Wildman–Crippen LogP) is 3.01. The first-order valence-electron chi connectivity index (χ1n) is 10.1. The molecule has 0 saturated carbocycles. The summed E-state index contributed by atoms with van der Waals surface area (Å²) in [5.41, 5.74) is 1.88. The number of nitrogens with one attached hydrogen (secondary N) is 1. The number of fused-ring (bicyclic) bond motifs is 3. The molecule has 1 aromatic heterocycles. The third kappa shape index (κ3) is 3.13. The topological polar surface area (TPSA) is 112 Å². The van der Waals surface area contributed by atoms with Crippen molar-refractivity contribution < 1.29 is 22.5 Å². The second kappa shape index (κ2) is 6.73. The predicted molar refractivity (Wildman–Crippen MR) is 110 cm³/mol. The second-order valence-electron chi connectivity index (χ2n) is 8.88. The van der Waals surface area contributed by atoms with Crippen LogP contribution in [0.15, 0.2) is 15.5 Å². The fourth-order valence-corrected chi connectivity index (χ4v) is 5.69. The van der Waals surface area contributed by atoms with Crippen LogP contribution in [0, 0.1) is 5.82 Å². The molecule has 3 aliphatic rings. The number of halogens is 2. The minimum absolute atomic E-state index is 0.0161. The Balaban J connectivity index is 1.51. The summed E-state index contributed by atoms with van der Waals surface area (Å²) >= 11 is 0. The first-order chi connectivity index (χ1) is 14.6. The van der Waals surface area contributed by atoms with Crippen molar-refractivity contribution >= 4 is 21.6 Å². The number of carbonyl (C=O) groups excluding carboxylic acids is 1. The fourth-order valence-electron chi connectivity index (χ4n) is 4.71. The lowest BCUT2D eigenvalue weighted by Gasteiger charge is -2.16. The Morgan fingerprint density at radius 3 is 2.81 bits per heavy atom. The van der Waals surface area contributed by atoms with Crippen molar-refractivity contribution in [2.75, 3.05) is 11.9 Å². The summed E-state index contributed by atoms with van der Waals surface area (Å²) in [6.45, 7) is 4.12.